The lowest BCUT2D eigenvalue weighted by Gasteiger charge is -2.13. The number of thioether (sulfide) groups is 1. The van der Waals surface area contributed by atoms with Crippen LogP contribution in [0.3, 0.4) is 0 Å². The Bertz CT molecular complexity index is 1430. The summed E-state index contributed by atoms with van der Waals surface area (Å²) in [5, 5.41) is 7.48. The molecule has 4 aromatic rings. The number of carbonyl (C=O) groups is 1. The van der Waals surface area contributed by atoms with Crippen LogP contribution in [0.5, 0.6) is 0 Å². The maximum absolute atomic E-state index is 13.5. The van der Waals surface area contributed by atoms with Crippen LogP contribution in [-0.2, 0) is 17.9 Å². The van der Waals surface area contributed by atoms with Gasteiger partial charge in [0.25, 0.3) is 5.56 Å². The minimum atomic E-state index is -0.560. The quantitative estimate of drug-likeness (QED) is 0.292. The van der Waals surface area contributed by atoms with E-state index >= 15 is 0 Å². The zero-order valence-electron chi connectivity index (χ0n) is 18.9. The maximum atomic E-state index is 13.5. The van der Waals surface area contributed by atoms with E-state index in [9.17, 15) is 14.0 Å². The van der Waals surface area contributed by atoms with E-state index in [1.165, 1.54) is 18.2 Å². The molecular weight excluding hydrogens is 477 g/mol. The summed E-state index contributed by atoms with van der Waals surface area (Å²) in [6.07, 6.45) is 0. The third-order valence-electron chi connectivity index (χ3n) is 5.28. The number of nitrogens with one attached hydrogen (secondary N) is 1. The lowest BCUT2D eigenvalue weighted by molar-refractivity contribution is -0.113. The zero-order chi connectivity index (χ0) is 24.4. The van der Waals surface area contributed by atoms with Crippen molar-refractivity contribution < 1.29 is 9.18 Å². The van der Waals surface area contributed by atoms with Crippen LogP contribution >= 0.6 is 23.4 Å². The number of benzene rings is 2. The zero-order valence-corrected chi connectivity index (χ0v) is 20.5. The molecule has 2 aromatic carbocycles. The summed E-state index contributed by atoms with van der Waals surface area (Å²) in [5.74, 6) is -0.888. The summed E-state index contributed by atoms with van der Waals surface area (Å²) in [6.45, 7) is 6.59. The largest absolute Gasteiger partial charge is 0.325 e. The molecule has 2 aromatic heterocycles. The molecule has 0 atom stereocenters. The number of hydrogen-bond donors (Lipinski definition) is 1. The summed E-state index contributed by atoms with van der Waals surface area (Å²) in [7, 11) is 0. The lowest BCUT2D eigenvalue weighted by Crippen LogP contribution is -2.26. The van der Waals surface area contributed by atoms with Crippen LogP contribution in [0.4, 0.5) is 10.1 Å². The Labute approximate surface area is 205 Å². The highest BCUT2D eigenvalue weighted by molar-refractivity contribution is 7.99. The Hall–Kier alpha value is -3.17. The van der Waals surface area contributed by atoms with E-state index in [2.05, 4.69) is 10.4 Å². The number of carbonyl (C=O) groups excluding carboxylic acids is 1. The number of hydrogen-bond acceptors (Lipinski definition) is 5. The van der Waals surface area contributed by atoms with Gasteiger partial charge in [-0.25, -0.2) is 9.37 Å². The van der Waals surface area contributed by atoms with Crippen LogP contribution < -0.4 is 10.9 Å². The fraction of sp³-hybridized carbons (Fsp3) is 0.250. The lowest BCUT2D eigenvalue weighted by atomic mass is 10.1. The summed E-state index contributed by atoms with van der Waals surface area (Å²) >= 11 is 6.95. The molecule has 0 fully saturated rings. The predicted molar refractivity (Wildman–Crippen MR) is 133 cm³/mol. The molecule has 0 bridgehead atoms. The molecule has 34 heavy (non-hydrogen) atoms. The van der Waals surface area contributed by atoms with Crippen molar-refractivity contribution in [1.29, 1.82) is 0 Å². The first kappa shape index (κ1) is 24.0. The average Bonchev–Trinajstić information content (AvgIpc) is 3.14. The van der Waals surface area contributed by atoms with Gasteiger partial charge in [-0.15, -0.1) is 0 Å². The van der Waals surface area contributed by atoms with Gasteiger partial charge in [-0.1, -0.05) is 53.2 Å². The van der Waals surface area contributed by atoms with E-state index in [1.54, 1.807) is 9.25 Å². The maximum Gasteiger partial charge on any atom is 0.280 e. The monoisotopic (exact) mass is 499 g/mol. The van der Waals surface area contributed by atoms with Crippen LogP contribution in [0.15, 0.2) is 52.4 Å². The molecule has 1 N–H and O–H groups in total. The molecule has 0 unspecified atom stereocenters. The van der Waals surface area contributed by atoms with Gasteiger partial charge in [-0.05, 0) is 44.5 Å². The van der Waals surface area contributed by atoms with Gasteiger partial charge in [0.15, 0.2) is 10.7 Å². The summed E-state index contributed by atoms with van der Waals surface area (Å²) in [4.78, 5) is 30.8. The van der Waals surface area contributed by atoms with Crippen molar-refractivity contribution in [1.82, 2.24) is 19.3 Å². The summed E-state index contributed by atoms with van der Waals surface area (Å²) < 4.78 is 16.6. The molecule has 1 amide bonds. The highest BCUT2D eigenvalue weighted by Crippen LogP contribution is 2.23. The van der Waals surface area contributed by atoms with Crippen molar-refractivity contribution in [3.05, 3.63) is 80.5 Å². The second-order valence-corrected chi connectivity index (χ2v) is 9.19. The number of aryl methyl sites for hydroxylation is 3. The van der Waals surface area contributed by atoms with Gasteiger partial charge >= 0.3 is 0 Å². The fourth-order valence-electron chi connectivity index (χ4n) is 3.54. The van der Waals surface area contributed by atoms with Gasteiger partial charge in [-0.3, -0.25) is 18.8 Å². The number of aromatic nitrogens is 4. The van der Waals surface area contributed by atoms with Crippen LogP contribution in [0.2, 0.25) is 5.02 Å². The molecule has 0 saturated heterocycles. The van der Waals surface area contributed by atoms with E-state index < -0.39 is 5.82 Å². The Morgan fingerprint density at radius 2 is 1.91 bits per heavy atom. The Balaban J connectivity index is 1.66. The van der Waals surface area contributed by atoms with Gasteiger partial charge in [0, 0.05) is 12.2 Å². The molecule has 2 heterocycles. The molecule has 4 rings (SSSR count). The highest BCUT2D eigenvalue weighted by atomic mass is 35.5. The number of nitrogens with zero attached hydrogens (tertiary/aromatic N) is 4. The molecule has 0 radical (unpaired) electrons. The summed E-state index contributed by atoms with van der Waals surface area (Å²) in [6, 6.07) is 11.9. The second-order valence-electron chi connectivity index (χ2n) is 7.84. The van der Waals surface area contributed by atoms with E-state index in [-0.39, 0.29) is 22.2 Å². The molecule has 7 nitrogen and oxygen atoms in total. The number of fused-ring (bicyclic) bond motifs is 1. The summed E-state index contributed by atoms with van der Waals surface area (Å²) in [5.41, 5.74) is 3.88. The SMILES string of the molecule is CCn1nc(C)c2nc(SCC(=O)Nc3ccc(F)c(Cl)c3)n(Cc3ccc(C)cc3)c(=O)c21. The third-order valence-corrected chi connectivity index (χ3v) is 6.54. The van der Waals surface area contributed by atoms with Gasteiger partial charge in [0.2, 0.25) is 5.91 Å². The molecular formula is C24H23ClFN5O2S. The highest BCUT2D eigenvalue weighted by Gasteiger charge is 2.19. The Morgan fingerprint density at radius 1 is 1.18 bits per heavy atom. The van der Waals surface area contributed by atoms with Crippen LogP contribution in [0, 0.1) is 19.7 Å². The van der Waals surface area contributed by atoms with Crippen molar-refractivity contribution in [2.45, 2.75) is 39.0 Å². The molecule has 176 valence electrons. The van der Waals surface area contributed by atoms with Gasteiger partial charge in [-0.2, -0.15) is 5.10 Å². The molecule has 0 aliphatic heterocycles. The van der Waals surface area contributed by atoms with Gasteiger partial charge in [0.05, 0.1) is 23.0 Å². The van der Waals surface area contributed by atoms with Crippen LogP contribution in [0.25, 0.3) is 11.0 Å². The van der Waals surface area contributed by atoms with E-state index in [4.69, 9.17) is 16.6 Å². The van der Waals surface area contributed by atoms with Crippen molar-refractivity contribution >= 4 is 46.0 Å². The van der Waals surface area contributed by atoms with Crippen LogP contribution in [-0.4, -0.2) is 31.0 Å². The molecule has 0 spiro atoms. The first-order valence-electron chi connectivity index (χ1n) is 10.7. The number of amides is 1. The minimum Gasteiger partial charge on any atom is -0.325 e. The molecule has 0 aliphatic rings. The molecule has 10 heteroatoms. The first-order chi connectivity index (χ1) is 16.3. The molecule has 0 aliphatic carbocycles. The van der Waals surface area contributed by atoms with E-state index in [0.717, 1.165) is 22.9 Å². The van der Waals surface area contributed by atoms with Crippen molar-refractivity contribution in [3.8, 4) is 0 Å². The Kier molecular flexibility index (Phi) is 7.04. The van der Waals surface area contributed by atoms with Crippen LogP contribution in [0.1, 0.15) is 23.7 Å². The number of halogens is 2. The number of anilines is 1. The Morgan fingerprint density at radius 3 is 2.59 bits per heavy atom. The third kappa shape index (κ3) is 5.00. The topological polar surface area (TPSA) is 81.8 Å². The van der Waals surface area contributed by atoms with Gasteiger partial charge in [0.1, 0.15) is 11.3 Å². The van der Waals surface area contributed by atoms with Crippen molar-refractivity contribution in [3.63, 3.8) is 0 Å². The smallest absolute Gasteiger partial charge is 0.280 e. The van der Waals surface area contributed by atoms with E-state index in [1.807, 2.05) is 45.0 Å². The van der Waals surface area contributed by atoms with Gasteiger partial charge < -0.3 is 5.32 Å². The predicted octanol–water partition coefficient (Wildman–Crippen LogP) is 4.80. The van der Waals surface area contributed by atoms with Crippen molar-refractivity contribution in [2.75, 3.05) is 11.1 Å². The normalized spacial score (nSPS) is 11.2. The molecule has 0 saturated carbocycles. The minimum absolute atomic E-state index is 0.00179. The fourth-order valence-corrected chi connectivity index (χ4v) is 4.52. The number of rotatable bonds is 7. The van der Waals surface area contributed by atoms with E-state index in [0.29, 0.717) is 40.7 Å². The van der Waals surface area contributed by atoms with Crippen molar-refractivity contribution in [2.24, 2.45) is 0 Å². The second kappa shape index (κ2) is 9.99. The standard InChI is InChI=1S/C24H23ClFN5O2S/c1-4-31-22-21(15(3)29-31)28-24(30(23(22)33)12-16-7-5-14(2)6-8-16)34-13-20(32)27-17-9-10-19(26)18(25)11-17/h5-11H,4,12-13H2,1-3H3,(H,27,32). The average molecular weight is 500 g/mol. The first-order valence-corrected chi connectivity index (χ1v) is 12.0.